The van der Waals surface area contributed by atoms with E-state index in [0.29, 0.717) is 12.0 Å². The number of sulfonamides is 1. The molecule has 0 unspecified atom stereocenters. The van der Waals surface area contributed by atoms with Gasteiger partial charge in [0.1, 0.15) is 0 Å². The van der Waals surface area contributed by atoms with Crippen LogP contribution in [0.25, 0.3) is 0 Å². The summed E-state index contributed by atoms with van der Waals surface area (Å²) in [6, 6.07) is 9.71. The molecule has 0 N–H and O–H groups in total. The minimum atomic E-state index is -3.72. The summed E-state index contributed by atoms with van der Waals surface area (Å²) in [5, 5.41) is 0. The molecule has 140 valence electrons. The molecule has 0 aliphatic carbocycles. The van der Waals surface area contributed by atoms with E-state index >= 15 is 0 Å². The van der Waals surface area contributed by atoms with Crippen LogP contribution in [0.2, 0.25) is 0 Å². The Morgan fingerprint density at radius 2 is 1.85 bits per heavy atom. The predicted octanol–water partition coefficient (Wildman–Crippen LogP) is 2.34. The van der Waals surface area contributed by atoms with Crippen molar-refractivity contribution < 1.29 is 13.2 Å². The number of carbonyl (C=O) groups is 1. The van der Waals surface area contributed by atoms with Crippen molar-refractivity contribution in [3.8, 4) is 0 Å². The molecular formula is C19H25N3O3S. The second-order valence-corrected chi connectivity index (χ2v) is 8.62. The summed E-state index contributed by atoms with van der Waals surface area (Å²) in [5.74, 6) is -0.235. The first kappa shape index (κ1) is 20.1. The molecule has 0 spiro atoms. The molecule has 6 nitrogen and oxygen atoms in total. The highest BCUT2D eigenvalue weighted by Crippen LogP contribution is 2.20. The van der Waals surface area contributed by atoms with Crippen molar-refractivity contribution >= 4 is 15.9 Å². The number of aryl methyl sites for hydroxylation is 1. The smallest absolute Gasteiger partial charge is 0.253 e. The lowest BCUT2D eigenvalue weighted by Gasteiger charge is -2.24. The summed E-state index contributed by atoms with van der Waals surface area (Å²) in [4.78, 5) is 17.9. The van der Waals surface area contributed by atoms with Gasteiger partial charge in [0.15, 0.2) is 0 Å². The third kappa shape index (κ3) is 4.47. The number of amides is 1. The quantitative estimate of drug-likeness (QED) is 0.777. The first-order valence-corrected chi connectivity index (χ1v) is 9.78. The Hall–Kier alpha value is -2.25. The Labute approximate surface area is 155 Å². The van der Waals surface area contributed by atoms with Gasteiger partial charge in [-0.3, -0.25) is 9.78 Å². The molecule has 2 aromatic rings. The monoisotopic (exact) mass is 375 g/mol. The second kappa shape index (κ2) is 7.97. The van der Waals surface area contributed by atoms with E-state index in [2.05, 4.69) is 4.98 Å². The Balaban J connectivity index is 2.25. The normalized spacial score (nSPS) is 12.8. The summed E-state index contributed by atoms with van der Waals surface area (Å²) in [5.41, 5.74) is 2.27. The Kier molecular flexibility index (Phi) is 6.15. The van der Waals surface area contributed by atoms with Crippen LogP contribution in [0.3, 0.4) is 0 Å². The minimum Gasteiger partial charge on any atom is -0.345 e. The maximum Gasteiger partial charge on any atom is 0.253 e. The van der Waals surface area contributed by atoms with Gasteiger partial charge in [0, 0.05) is 51.1 Å². The zero-order valence-corrected chi connectivity index (χ0v) is 16.6. The van der Waals surface area contributed by atoms with Crippen LogP contribution < -0.4 is 0 Å². The van der Waals surface area contributed by atoms with E-state index in [-0.39, 0.29) is 16.8 Å². The molecule has 1 aromatic heterocycles. The van der Waals surface area contributed by atoms with Crippen molar-refractivity contribution in [1.29, 1.82) is 0 Å². The fourth-order valence-electron chi connectivity index (χ4n) is 2.59. The number of rotatable bonds is 6. The van der Waals surface area contributed by atoms with Gasteiger partial charge < -0.3 is 4.90 Å². The molecule has 0 radical (unpaired) electrons. The van der Waals surface area contributed by atoms with Gasteiger partial charge >= 0.3 is 0 Å². The summed E-state index contributed by atoms with van der Waals surface area (Å²) in [6.45, 7) is 3.82. The summed E-state index contributed by atoms with van der Waals surface area (Å²) < 4.78 is 27.2. The number of benzene rings is 1. The van der Waals surface area contributed by atoms with Crippen molar-refractivity contribution in [3.63, 3.8) is 0 Å². The van der Waals surface area contributed by atoms with Gasteiger partial charge in [0.25, 0.3) is 5.91 Å². The van der Waals surface area contributed by atoms with Crippen molar-refractivity contribution in [2.75, 3.05) is 21.1 Å². The zero-order valence-electron chi connectivity index (χ0n) is 15.8. The van der Waals surface area contributed by atoms with Gasteiger partial charge in [-0.2, -0.15) is 4.31 Å². The van der Waals surface area contributed by atoms with E-state index in [1.807, 2.05) is 26.0 Å². The number of carbonyl (C=O) groups excluding carboxylic acids is 1. The first-order valence-electron chi connectivity index (χ1n) is 8.34. The number of nitrogens with zero attached hydrogens (tertiary/aromatic N) is 3. The highest BCUT2D eigenvalue weighted by Gasteiger charge is 2.26. The van der Waals surface area contributed by atoms with Crippen LogP contribution in [0.4, 0.5) is 0 Å². The molecule has 7 heteroatoms. The minimum absolute atomic E-state index is 0.108. The predicted molar refractivity (Wildman–Crippen MR) is 102 cm³/mol. The van der Waals surface area contributed by atoms with Gasteiger partial charge in [-0.15, -0.1) is 0 Å². The van der Waals surface area contributed by atoms with Gasteiger partial charge in [-0.25, -0.2) is 8.42 Å². The van der Waals surface area contributed by atoms with Gasteiger partial charge in [0.2, 0.25) is 10.0 Å². The Morgan fingerprint density at radius 3 is 2.46 bits per heavy atom. The van der Waals surface area contributed by atoms with Crippen LogP contribution in [0.5, 0.6) is 0 Å². The number of likely N-dealkylation sites (N-methyl/N-ethyl adjacent to an activating group) is 1. The average molecular weight is 375 g/mol. The topological polar surface area (TPSA) is 70.6 Å². The first-order chi connectivity index (χ1) is 12.1. The summed E-state index contributed by atoms with van der Waals surface area (Å²) >= 11 is 0. The van der Waals surface area contributed by atoms with Crippen LogP contribution in [0.1, 0.15) is 28.5 Å². The maximum absolute atomic E-state index is 13.0. The lowest BCUT2D eigenvalue weighted by Crippen LogP contribution is -2.36. The van der Waals surface area contributed by atoms with E-state index in [9.17, 15) is 13.2 Å². The van der Waals surface area contributed by atoms with Crippen LogP contribution in [0.15, 0.2) is 47.5 Å². The molecule has 2 rings (SSSR count). The van der Waals surface area contributed by atoms with Crippen LogP contribution >= 0.6 is 0 Å². The fraction of sp³-hybridized carbons (Fsp3) is 0.368. The van der Waals surface area contributed by atoms with Crippen LogP contribution in [0, 0.1) is 6.92 Å². The molecule has 0 aliphatic heterocycles. The van der Waals surface area contributed by atoms with Gasteiger partial charge in [0.05, 0.1) is 4.90 Å². The molecule has 26 heavy (non-hydrogen) atoms. The molecule has 0 fully saturated rings. The van der Waals surface area contributed by atoms with Crippen molar-refractivity contribution in [2.45, 2.75) is 31.2 Å². The van der Waals surface area contributed by atoms with Crippen molar-refractivity contribution in [3.05, 3.63) is 59.4 Å². The number of hydrogen-bond acceptors (Lipinski definition) is 4. The van der Waals surface area contributed by atoms with Crippen molar-refractivity contribution in [2.24, 2.45) is 0 Å². The molecule has 1 heterocycles. The molecule has 0 bridgehead atoms. The Bertz CT molecular complexity index is 894. The van der Waals surface area contributed by atoms with E-state index < -0.39 is 10.0 Å². The largest absolute Gasteiger partial charge is 0.345 e. The summed E-state index contributed by atoms with van der Waals surface area (Å²) in [6.07, 6.45) is 2.23. The SMILES string of the molecule is Cc1ccnc(C[C@@H](C)N(C)S(=O)(=O)c2cccc(C(=O)N(C)C)c2)c1. The molecule has 1 amide bonds. The van der Waals surface area contributed by atoms with E-state index in [1.165, 1.54) is 21.3 Å². The van der Waals surface area contributed by atoms with E-state index in [1.54, 1.807) is 39.5 Å². The van der Waals surface area contributed by atoms with Gasteiger partial charge in [-0.05, 0) is 49.7 Å². The Morgan fingerprint density at radius 1 is 1.15 bits per heavy atom. The molecular weight excluding hydrogens is 350 g/mol. The molecule has 0 saturated carbocycles. The standard InChI is InChI=1S/C19H25N3O3S/c1-14-9-10-20-17(11-14)12-15(2)22(5)26(24,25)18-8-6-7-16(13-18)19(23)21(3)4/h6-11,13,15H,12H2,1-5H3/t15-/m1/s1. The number of pyridine rings is 1. The van der Waals surface area contributed by atoms with Crippen LogP contribution in [-0.2, 0) is 16.4 Å². The molecule has 0 saturated heterocycles. The van der Waals surface area contributed by atoms with Gasteiger partial charge in [-0.1, -0.05) is 6.07 Å². The number of hydrogen-bond donors (Lipinski definition) is 0. The third-order valence-electron chi connectivity index (χ3n) is 4.26. The van der Waals surface area contributed by atoms with Crippen LogP contribution in [-0.4, -0.2) is 55.7 Å². The third-order valence-corrected chi connectivity index (χ3v) is 6.23. The lowest BCUT2D eigenvalue weighted by molar-refractivity contribution is 0.0827. The van der Waals surface area contributed by atoms with E-state index in [4.69, 9.17) is 0 Å². The van der Waals surface area contributed by atoms with E-state index in [0.717, 1.165) is 11.3 Å². The highest BCUT2D eigenvalue weighted by molar-refractivity contribution is 7.89. The molecule has 0 aliphatic rings. The lowest BCUT2D eigenvalue weighted by atomic mass is 10.1. The molecule has 1 atom stereocenters. The average Bonchev–Trinajstić information content (AvgIpc) is 2.60. The number of aromatic nitrogens is 1. The maximum atomic E-state index is 13.0. The van der Waals surface area contributed by atoms with Crippen molar-refractivity contribution in [1.82, 2.24) is 14.2 Å². The molecule has 1 aromatic carbocycles. The second-order valence-electron chi connectivity index (χ2n) is 6.63. The summed E-state index contributed by atoms with van der Waals surface area (Å²) in [7, 11) is 1.10. The highest BCUT2D eigenvalue weighted by atomic mass is 32.2. The fourth-order valence-corrected chi connectivity index (χ4v) is 4.00. The zero-order chi connectivity index (χ0) is 19.5.